The molecule has 0 saturated carbocycles. The van der Waals surface area contributed by atoms with Crippen LogP contribution in [0, 0.1) is 0 Å². The summed E-state index contributed by atoms with van der Waals surface area (Å²) in [6.45, 7) is 2.72. The molecule has 0 radical (unpaired) electrons. The lowest BCUT2D eigenvalue weighted by molar-refractivity contribution is 0.340. The van der Waals surface area contributed by atoms with Crippen molar-refractivity contribution in [2.75, 3.05) is 6.61 Å². The molecule has 0 fully saturated rings. The molecule has 0 aliphatic heterocycles. The lowest BCUT2D eigenvalue weighted by atomic mass is 9.98. The van der Waals surface area contributed by atoms with Gasteiger partial charge in [0.15, 0.2) is 0 Å². The quantitative estimate of drug-likeness (QED) is 0.284. The smallest absolute Gasteiger partial charge is 0.263 e. The Kier molecular flexibility index (Phi) is 6.34. The molecule has 0 amide bonds. The summed E-state index contributed by atoms with van der Waals surface area (Å²) in [5.41, 5.74) is 5.05. The zero-order chi connectivity index (χ0) is 26.8. The summed E-state index contributed by atoms with van der Waals surface area (Å²) in [4.78, 5) is 13.9. The van der Waals surface area contributed by atoms with E-state index >= 15 is 0 Å². The molecule has 0 atom stereocenters. The first kappa shape index (κ1) is 24.1. The number of ether oxygens (including phenoxy) is 1. The second kappa shape index (κ2) is 10.3. The maximum absolute atomic E-state index is 13.9. The fourth-order valence-electron chi connectivity index (χ4n) is 4.87. The summed E-state index contributed by atoms with van der Waals surface area (Å²) in [5.74, 6) is 1.13. The molecule has 0 spiro atoms. The number of aromatic amines is 1. The zero-order valence-electron chi connectivity index (χ0n) is 21.2. The van der Waals surface area contributed by atoms with Gasteiger partial charge in [-0.1, -0.05) is 78.9 Å². The van der Waals surface area contributed by atoms with E-state index in [2.05, 4.69) is 20.6 Å². The molecule has 39 heavy (non-hydrogen) atoms. The highest BCUT2D eigenvalue weighted by Crippen LogP contribution is 2.35. The molecule has 2 N–H and O–H groups in total. The molecule has 192 valence electrons. The minimum absolute atomic E-state index is 0.0334. The standard InChI is InChI=1S/C31H25N5O3/c1-2-39-23-16-17-26-27(18-23)36(31(38)28(29(26)37)22-8-4-3-5-9-22)19-20-12-14-21(15-13-20)24-10-6-7-11-25(24)30-32-34-35-33-30/h3-18,37H,2,19H2,1H3,(H,32,33,34,35). The average molecular weight is 516 g/mol. The molecular weight excluding hydrogens is 490 g/mol. The number of rotatable bonds is 7. The molecule has 2 heterocycles. The Morgan fingerprint density at radius 3 is 2.33 bits per heavy atom. The van der Waals surface area contributed by atoms with Crippen molar-refractivity contribution in [3.8, 4) is 45.1 Å². The Labute approximate surface area is 224 Å². The lowest BCUT2D eigenvalue weighted by Crippen LogP contribution is -2.23. The van der Waals surface area contributed by atoms with Gasteiger partial charge in [-0.05, 0) is 46.5 Å². The van der Waals surface area contributed by atoms with E-state index in [1.807, 2.05) is 97.9 Å². The third-order valence-electron chi connectivity index (χ3n) is 6.70. The summed E-state index contributed by atoms with van der Waals surface area (Å²) < 4.78 is 7.40. The van der Waals surface area contributed by atoms with E-state index in [4.69, 9.17) is 4.74 Å². The highest BCUT2D eigenvalue weighted by atomic mass is 16.5. The van der Waals surface area contributed by atoms with Crippen LogP contribution in [0.4, 0.5) is 0 Å². The summed E-state index contributed by atoms with van der Waals surface area (Å²) in [6.07, 6.45) is 0. The molecule has 0 bridgehead atoms. The van der Waals surface area contributed by atoms with Crippen molar-refractivity contribution < 1.29 is 9.84 Å². The van der Waals surface area contributed by atoms with Gasteiger partial charge in [-0.25, -0.2) is 0 Å². The number of fused-ring (bicyclic) bond motifs is 1. The van der Waals surface area contributed by atoms with Crippen LogP contribution < -0.4 is 10.3 Å². The normalized spacial score (nSPS) is 11.1. The maximum Gasteiger partial charge on any atom is 0.263 e. The average Bonchev–Trinajstić information content (AvgIpc) is 3.52. The molecule has 6 aromatic rings. The maximum atomic E-state index is 13.9. The Morgan fingerprint density at radius 1 is 0.872 bits per heavy atom. The molecule has 8 heteroatoms. The Hall–Kier alpha value is -5.24. The molecule has 2 aromatic heterocycles. The van der Waals surface area contributed by atoms with Gasteiger partial charge in [0.2, 0.25) is 5.82 Å². The number of H-pyrrole nitrogens is 1. The summed E-state index contributed by atoms with van der Waals surface area (Å²) in [6, 6.07) is 30.6. The first-order valence-electron chi connectivity index (χ1n) is 12.6. The van der Waals surface area contributed by atoms with Crippen LogP contribution in [0.1, 0.15) is 12.5 Å². The van der Waals surface area contributed by atoms with Crippen LogP contribution in [0.25, 0.3) is 44.5 Å². The molecule has 0 aliphatic rings. The van der Waals surface area contributed by atoms with Crippen LogP contribution in [0.5, 0.6) is 11.5 Å². The van der Waals surface area contributed by atoms with E-state index in [9.17, 15) is 9.90 Å². The van der Waals surface area contributed by atoms with Crippen molar-refractivity contribution in [2.45, 2.75) is 13.5 Å². The van der Waals surface area contributed by atoms with E-state index < -0.39 is 0 Å². The van der Waals surface area contributed by atoms with Gasteiger partial charge in [0.25, 0.3) is 5.56 Å². The fraction of sp³-hybridized carbons (Fsp3) is 0.0968. The first-order chi connectivity index (χ1) is 19.1. The molecular formula is C31H25N5O3. The molecule has 0 unspecified atom stereocenters. The Bertz CT molecular complexity index is 1810. The fourth-order valence-corrected chi connectivity index (χ4v) is 4.87. The Balaban J connectivity index is 1.45. The SMILES string of the molecule is CCOc1ccc2c(O)c(-c3ccccc3)c(=O)n(Cc3ccc(-c4ccccc4-c4nn[nH]n4)cc3)c2c1. The van der Waals surface area contributed by atoms with Crippen LogP contribution in [-0.2, 0) is 6.54 Å². The van der Waals surface area contributed by atoms with Crippen molar-refractivity contribution in [1.82, 2.24) is 25.2 Å². The lowest BCUT2D eigenvalue weighted by Gasteiger charge is -2.17. The predicted molar refractivity (Wildman–Crippen MR) is 151 cm³/mol. The molecule has 6 rings (SSSR count). The number of hydrogen-bond donors (Lipinski definition) is 2. The number of hydrogen-bond acceptors (Lipinski definition) is 6. The van der Waals surface area contributed by atoms with Gasteiger partial charge in [-0.2, -0.15) is 5.21 Å². The van der Waals surface area contributed by atoms with Gasteiger partial charge in [0, 0.05) is 17.0 Å². The molecule has 0 aliphatic carbocycles. The van der Waals surface area contributed by atoms with Gasteiger partial charge in [0.05, 0.1) is 24.2 Å². The summed E-state index contributed by atoms with van der Waals surface area (Å²) >= 11 is 0. The topological polar surface area (TPSA) is 106 Å². The highest BCUT2D eigenvalue weighted by molar-refractivity contribution is 5.93. The Morgan fingerprint density at radius 2 is 1.62 bits per heavy atom. The number of nitrogens with one attached hydrogen (secondary N) is 1. The van der Waals surface area contributed by atoms with Gasteiger partial charge < -0.3 is 14.4 Å². The van der Waals surface area contributed by atoms with Crippen molar-refractivity contribution in [3.63, 3.8) is 0 Å². The third-order valence-corrected chi connectivity index (χ3v) is 6.70. The molecule has 0 saturated heterocycles. The number of tetrazole rings is 1. The molecule has 4 aromatic carbocycles. The van der Waals surface area contributed by atoms with Crippen molar-refractivity contribution in [3.05, 3.63) is 113 Å². The van der Waals surface area contributed by atoms with Gasteiger partial charge in [0.1, 0.15) is 11.5 Å². The van der Waals surface area contributed by atoms with Crippen LogP contribution in [0.15, 0.2) is 102 Å². The minimum atomic E-state index is -0.272. The van der Waals surface area contributed by atoms with Gasteiger partial charge in [-0.15, -0.1) is 10.2 Å². The van der Waals surface area contributed by atoms with Gasteiger partial charge in [-0.3, -0.25) is 4.79 Å². The van der Waals surface area contributed by atoms with Crippen molar-refractivity contribution in [2.24, 2.45) is 0 Å². The van der Waals surface area contributed by atoms with Gasteiger partial charge >= 0.3 is 0 Å². The van der Waals surface area contributed by atoms with E-state index in [1.54, 1.807) is 10.6 Å². The summed E-state index contributed by atoms with van der Waals surface area (Å²) in [7, 11) is 0. The second-order valence-electron chi connectivity index (χ2n) is 9.07. The van der Waals surface area contributed by atoms with Crippen LogP contribution in [0.2, 0.25) is 0 Å². The molecule has 8 nitrogen and oxygen atoms in total. The monoisotopic (exact) mass is 515 g/mol. The summed E-state index contributed by atoms with van der Waals surface area (Å²) in [5, 5.41) is 26.2. The number of nitrogens with zero attached hydrogens (tertiary/aromatic N) is 4. The van der Waals surface area contributed by atoms with E-state index in [-0.39, 0.29) is 16.9 Å². The number of benzene rings is 4. The van der Waals surface area contributed by atoms with Crippen LogP contribution >= 0.6 is 0 Å². The zero-order valence-corrected chi connectivity index (χ0v) is 21.2. The number of pyridine rings is 1. The minimum Gasteiger partial charge on any atom is -0.506 e. The van der Waals surface area contributed by atoms with E-state index in [1.165, 1.54) is 0 Å². The van der Waals surface area contributed by atoms with E-state index in [0.717, 1.165) is 22.3 Å². The van der Waals surface area contributed by atoms with Crippen LogP contribution in [-0.4, -0.2) is 36.9 Å². The number of aromatic hydroxyl groups is 1. The van der Waals surface area contributed by atoms with Crippen molar-refractivity contribution >= 4 is 10.9 Å². The second-order valence-corrected chi connectivity index (χ2v) is 9.07. The third kappa shape index (κ3) is 4.53. The highest BCUT2D eigenvalue weighted by Gasteiger charge is 2.19. The predicted octanol–water partition coefficient (Wildman–Crippen LogP) is 5.67. The van der Waals surface area contributed by atoms with Crippen LogP contribution in [0.3, 0.4) is 0 Å². The van der Waals surface area contributed by atoms with Crippen molar-refractivity contribution in [1.29, 1.82) is 0 Å². The van der Waals surface area contributed by atoms with E-state index in [0.29, 0.717) is 41.2 Å². The largest absolute Gasteiger partial charge is 0.506 e. The first-order valence-corrected chi connectivity index (χ1v) is 12.6. The number of aromatic nitrogens is 5.